The lowest BCUT2D eigenvalue weighted by Crippen LogP contribution is -2.22. The molecule has 0 saturated carbocycles. The molecule has 3 rings (SSSR count). The number of carbonyl (C=O) groups excluding carboxylic acids is 2. The number of amides is 3. The molecule has 0 saturated heterocycles. The number of H-pyrrole nitrogens is 1. The summed E-state index contributed by atoms with van der Waals surface area (Å²) in [5.74, 6) is -0.665. The standard InChI is InChI=1S/C20H18ClF3N6O2/c1-30(16-9-26-29-17(16)18(25)31)10-11-3-2-4-13(7-11)27-19(32)28-15-6-5-12(8-14(15)21)20(22,23)24/h2-9H,10H2,1H3,(H2,25,31)(H,26,29)(H2,27,28,32). The first-order valence-corrected chi connectivity index (χ1v) is 9.51. The largest absolute Gasteiger partial charge is 0.416 e. The lowest BCUT2D eigenvalue weighted by atomic mass is 10.2. The number of alkyl halides is 3. The first-order valence-electron chi connectivity index (χ1n) is 9.13. The van der Waals surface area contributed by atoms with Gasteiger partial charge in [-0.1, -0.05) is 23.7 Å². The van der Waals surface area contributed by atoms with Crippen LogP contribution in [-0.2, 0) is 12.7 Å². The topological polar surface area (TPSA) is 116 Å². The molecule has 0 radical (unpaired) electrons. The van der Waals surface area contributed by atoms with Crippen molar-refractivity contribution in [3.8, 4) is 0 Å². The van der Waals surface area contributed by atoms with E-state index in [4.69, 9.17) is 17.3 Å². The molecule has 0 aliphatic carbocycles. The number of hydrogen-bond donors (Lipinski definition) is 4. The van der Waals surface area contributed by atoms with E-state index < -0.39 is 23.7 Å². The molecule has 168 valence electrons. The van der Waals surface area contributed by atoms with Gasteiger partial charge in [0.05, 0.1) is 22.0 Å². The third-order valence-electron chi connectivity index (χ3n) is 4.41. The summed E-state index contributed by atoms with van der Waals surface area (Å²) >= 11 is 5.86. The third-order valence-corrected chi connectivity index (χ3v) is 4.73. The van der Waals surface area contributed by atoms with E-state index >= 15 is 0 Å². The van der Waals surface area contributed by atoms with Gasteiger partial charge in [-0.15, -0.1) is 0 Å². The Morgan fingerprint density at radius 3 is 2.59 bits per heavy atom. The fourth-order valence-corrected chi connectivity index (χ4v) is 3.17. The van der Waals surface area contributed by atoms with Crippen LogP contribution < -0.4 is 21.3 Å². The zero-order valence-corrected chi connectivity index (χ0v) is 17.4. The molecular weight excluding hydrogens is 449 g/mol. The van der Waals surface area contributed by atoms with Crippen LogP contribution in [0.4, 0.5) is 35.0 Å². The molecule has 1 aromatic heterocycles. The molecule has 5 N–H and O–H groups in total. The third kappa shape index (κ3) is 5.49. The summed E-state index contributed by atoms with van der Waals surface area (Å²) in [6.07, 6.45) is -2.99. The lowest BCUT2D eigenvalue weighted by molar-refractivity contribution is -0.137. The zero-order valence-electron chi connectivity index (χ0n) is 16.6. The van der Waals surface area contributed by atoms with Crippen molar-refractivity contribution in [2.75, 3.05) is 22.6 Å². The highest BCUT2D eigenvalue weighted by molar-refractivity contribution is 6.33. The molecule has 0 bridgehead atoms. The molecule has 0 spiro atoms. The number of halogens is 4. The second-order valence-corrected chi connectivity index (χ2v) is 7.22. The van der Waals surface area contributed by atoms with Crippen LogP contribution in [0.15, 0.2) is 48.7 Å². The average molecular weight is 467 g/mol. The van der Waals surface area contributed by atoms with Crippen molar-refractivity contribution in [2.24, 2.45) is 5.73 Å². The van der Waals surface area contributed by atoms with Crippen molar-refractivity contribution in [1.29, 1.82) is 0 Å². The van der Waals surface area contributed by atoms with Crippen LogP contribution in [0.25, 0.3) is 0 Å². The van der Waals surface area contributed by atoms with Crippen molar-refractivity contribution in [3.05, 3.63) is 70.5 Å². The molecular formula is C20H18ClF3N6O2. The molecule has 2 aromatic carbocycles. The smallest absolute Gasteiger partial charge is 0.367 e. The maximum absolute atomic E-state index is 12.7. The number of rotatable bonds is 6. The van der Waals surface area contributed by atoms with Crippen molar-refractivity contribution in [2.45, 2.75) is 12.7 Å². The number of hydrogen-bond acceptors (Lipinski definition) is 4. The van der Waals surface area contributed by atoms with E-state index in [0.717, 1.165) is 23.8 Å². The van der Waals surface area contributed by atoms with Crippen molar-refractivity contribution >= 4 is 40.6 Å². The first-order chi connectivity index (χ1) is 15.0. The van der Waals surface area contributed by atoms with Gasteiger partial charge < -0.3 is 21.3 Å². The van der Waals surface area contributed by atoms with E-state index in [2.05, 4.69) is 20.8 Å². The molecule has 0 unspecified atom stereocenters. The summed E-state index contributed by atoms with van der Waals surface area (Å²) in [5, 5.41) is 11.2. The predicted molar refractivity (Wildman–Crippen MR) is 115 cm³/mol. The van der Waals surface area contributed by atoms with E-state index in [1.807, 2.05) is 6.07 Å². The quantitative estimate of drug-likeness (QED) is 0.429. The fraction of sp³-hybridized carbons (Fsp3) is 0.150. The summed E-state index contributed by atoms with van der Waals surface area (Å²) < 4.78 is 38.2. The van der Waals surface area contributed by atoms with Crippen molar-refractivity contribution in [3.63, 3.8) is 0 Å². The summed E-state index contributed by atoms with van der Waals surface area (Å²) in [5.41, 5.74) is 6.29. The lowest BCUT2D eigenvalue weighted by Gasteiger charge is -2.19. The number of benzene rings is 2. The minimum atomic E-state index is -4.54. The number of aromatic amines is 1. The maximum Gasteiger partial charge on any atom is 0.416 e. The first kappa shape index (κ1) is 22.9. The summed E-state index contributed by atoms with van der Waals surface area (Å²) in [6, 6.07) is 8.85. The number of nitrogens with zero attached hydrogens (tertiary/aromatic N) is 2. The van der Waals surface area contributed by atoms with E-state index in [-0.39, 0.29) is 16.4 Å². The van der Waals surface area contributed by atoms with Gasteiger partial charge in [0.25, 0.3) is 5.91 Å². The fourth-order valence-electron chi connectivity index (χ4n) is 2.94. The number of aromatic nitrogens is 2. The van der Waals surface area contributed by atoms with Gasteiger partial charge in [-0.25, -0.2) is 4.79 Å². The highest BCUT2D eigenvalue weighted by Crippen LogP contribution is 2.33. The van der Waals surface area contributed by atoms with Gasteiger partial charge in [-0.3, -0.25) is 9.89 Å². The van der Waals surface area contributed by atoms with Gasteiger partial charge in [0, 0.05) is 25.5 Å². The molecule has 0 aliphatic heterocycles. The number of anilines is 3. The molecule has 0 aliphatic rings. The second kappa shape index (κ2) is 9.18. The number of nitrogens with two attached hydrogens (primary N) is 1. The van der Waals surface area contributed by atoms with Gasteiger partial charge in [0.2, 0.25) is 0 Å². The predicted octanol–water partition coefficient (Wildman–Crippen LogP) is 4.46. The average Bonchev–Trinajstić information content (AvgIpc) is 3.19. The molecule has 3 amide bonds. The minimum Gasteiger partial charge on any atom is -0.367 e. The Hall–Kier alpha value is -3.73. The normalized spacial score (nSPS) is 11.2. The van der Waals surface area contributed by atoms with E-state index in [0.29, 0.717) is 17.9 Å². The molecule has 0 fully saturated rings. The van der Waals surface area contributed by atoms with Gasteiger partial charge in [-0.2, -0.15) is 18.3 Å². The molecule has 8 nitrogen and oxygen atoms in total. The van der Waals surface area contributed by atoms with Gasteiger partial charge >= 0.3 is 12.2 Å². The van der Waals surface area contributed by atoms with E-state index in [9.17, 15) is 22.8 Å². The maximum atomic E-state index is 12.7. The van der Waals surface area contributed by atoms with E-state index in [1.54, 1.807) is 36.3 Å². The molecule has 32 heavy (non-hydrogen) atoms. The molecule has 0 atom stereocenters. The van der Waals surface area contributed by atoms with Gasteiger partial charge in [-0.05, 0) is 35.9 Å². The van der Waals surface area contributed by atoms with Crippen molar-refractivity contribution in [1.82, 2.24) is 10.2 Å². The van der Waals surface area contributed by atoms with Crippen LogP contribution in [0.3, 0.4) is 0 Å². The van der Waals surface area contributed by atoms with Gasteiger partial charge in [0.15, 0.2) is 5.69 Å². The summed E-state index contributed by atoms with van der Waals surface area (Å²) in [7, 11) is 1.75. The Balaban J connectivity index is 1.66. The Morgan fingerprint density at radius 2 is 1.94 bits per heavy atom. The number of carbonyl (C=O) groups is 2. The molecule has 12 heteroatoms. The number of primary amides is 1. The highest BCUT2D eigenvalue weighted by Gasteiger charge is 2.31. The Morgan fingerprint density at radius 1 is 1.19 bits per heavy atom. The SMILES string of the molecule is CN(Cc1cccc(NC(=O)Nc2ccc(C(F)(F)F)cc2Cl)c1)c1c[nH]nc1C(N)=O. The highest BCUT2D eigenvalue weighted by atomic mass is 35.5. The number of nitrogens with one attached hydrogen (secondary N) is 3. The Kier molecular flexibility index (Phi) is 6.58. The van der Waals surface area contributed by atoms with Crippen molar-refractivity contribution < 1.29 is 22.8 Å². The van der Waals surface area contributed by atoms with Crippen LogP contribution in [0.5, 0.6) is 0 Å². The Labute approximate surface area is 185 Å². The second-order valence-electron chi connectivity index (χ2n) is 6.81. The Bertz CT molecular complexity index is 1150. The van der Waals surface area contributed by atoms with E-state index in [1.165, 1.54) is 0 Å². The van der Waals surface area contributed by atoms with Crippen LogP contribution in [0.1, 0.15) is 21.6 Å². The zero-order chi connectivity index (χ0) is 23.5. The molecule has 1 heterocycles. The molecule has 3 aromatic rings. The van der Waals surface area contributed by atoms with Crippen LogP contribution >= 0.6 is 11.6 Å². The van der Waals surface area contributed by atoms with Gasteiger partial charge in [0.1, 0.15) is 0 Å². The summed E-state index contributed by atoms with van der Waals surface area (Å²) in [6.45, 7) is 0.377. The van der Waals surface area contributed by atoms with Crippen LogP contribution in [-0.4, -0.2) is 29.2 Å². The summed E-state index contributed by atoms with van der Waals surface area (Å²) in [4.78, 5) is 25.5. The van der Waals surface area contributed by atoms with Crippen LogP contribution in [0.2, 0.25) is 5.02 Å². The number of urea groups is 1. The monoisotopic (exact) mass is 466 g/mol. The van der Waals surface area contributed by atoms with Crippen LogP contribution in [0, 0.1) is 0 Å². The minimum absolute atomic E-state index is 0.0343.